The summed E-state index contributed by atoms with van der Waals surface area (Å²) < 4.78 is 0. The highest BCUT2D eigenvalue weighted by atomic mass is 15.2. The highest BCUT2D eigenvalue weighted by Gasteiger charge is 2.03. The lowest BCUT2D eigenvalue weighted by Gasteiger charge is -2.17. The number of anilines is 1. The predicted molar refractivity (Wildman–Crippen MR) is 71.1 cm³/mol. The molecule has 2 N–H and O–H groups in total. The van der Waals surface area contributed by atoms with Crippen molar-refractivity contribution in [3.05, 3.63) is 48.2 Å². The first kappa shape index (κ1) is 12.4. The second kappa shape index (κ2) is 6.07. The molecule has 94 valence electrons. The van der Waals surface area contributed by atoms with Crippen molar-refractivity contribution >= 4 is 5.82 Å². The molecule has 0 amide bonds. The Labute approximate surface area is 107 Å². The molecule has 18 heavy (non-hydrogen) atoms. The van der Waals surface area contributed by atoms with Crippen LogP contribution in [0, 0.1) is 0 Å². The monoisotopic (exact) mass is 243 g/mol. The van der Waals surface area contributed by atoms with Crippen LogP contribution in [0.2, 0.25) is 0 Å². The van der Waals surface area contributed by atoms with E-state index in [4.69, 9.17) is 5.73 Å². The van der Waals surface area contributed by atoms with Gasteiger partial charge in [0.2, 0.25) is 0 Å². The molecule has 0 aromatic carbocycles. The van der Waals surface area contributed by atoms with Crippen LogP contribution < -0.4 is 10.6 Å². The first-order chi connectivity index (χ1) is 8.79. The molecule has 0 radical (unpaired) electrons. The molecule has 0 aliphatic carbocycles. The Morgan fingerprint density at radius 1 is 1.11 bits per heavy atom. The summed E-state index contributed by atoms with van der Waals surface area (Å²) in [5.74, 6) is 0.850. The van der Waals surface area contributed by atoms with Crippen LogP contribution in [0.4, 0.5) is 5.82 Å². The Morgan fingerprint density at radius 2 is 2.00 bits per heavy atom. The molecular formula is C13H17N5. The van der Waals surface area contributed by atoms with E-state index in [2.05, 4.69) is 19.9 Å². The Balaban J connectivity index is 1.93. The van der Waals surface area contributed by atoms with Crippen molar-refractivity contribution < 1.29 is 0 Å². The summed E-state index contributed by atoms with van der Waals surface area (Å²) in [6.07, 6.45) is 6.16. The van der Waals surface area contributed by atoms with Gasteiger partial charge in [0.25, 0.3) is 0 Å². The van der Waals surface area contributed by atoms with Crippen LogP contribution >= 0.6 is 0 Å². The molecule has 2 aromatic rings. The number of aromatic nitrogens is 3. The van der Waals surface area contributed by atoms with Gasteiger partial charge in [0, 0.05) is 38.4 Å². The number of likely N-dealkylation sites (N-methyl/N-ethyl adjacent to an activating group) is 1. The highest BCUT2D eigenvalue weighted by molar-refractivity contribution is 5.34. The van der Waals surface area contributed by atoms with E-state index in [0.29, 0.717) is 6.54 Å². The maximum Gasteiger partial charge on any atom is 0.146 e. The van der Waals surface area contributed by atoms with E-state index < -0.39 is 0 Å². The molecule has 0 saturated heterocycles. The molecule has 2 heterocycles. The van der Waals surface area contributed by atoms with Crippen LogP contribution in [0.25, 0.3) is 0 Å². The van der Waals surface area contributed by atoms with Gasteiger partial charge in [-0.25, -0.2) is 4.98 Å². The first-order valence-corrected chi connectivity index (χ1v) is 5.91. The van der Waals surface area contributed by atoms with Crippen LogP contribution in [0.3, 0.4) is 0 Å². The lowest BCUT2D eigenvalue weighted by molar-refractivity contribution is 0.829. The van der Waals surface area contributed by atoms with Crippen LogP contribution in [-0.4, -0.2) is 28.5 Å². The molecule has 0 aliphatic heterocycles. The third-order valence-electron chi connectivity index (χ3n) is 2.72. The van der Waals surface area contributed by atoms with Crippen molar-refractivity contribution in [2.24, 2.45) is 5.73 Å². The molecule has 2 rings (SSSR count). The molecule has 0 unspecified atom stereocenters. The number of pyridine rings is 1. The van der Waals surface area contributed by atoms with Gasteiger partial charge in [-0.1, -0.05) is 6.07 Å². The summed E-state index contributed by atoms with van der Waals surface area (Å²) in [5.41, 5.74) is 7.37. The smallest absolute Gasteiger partial charge is 0.146 e. The number of hydrogen-bond acceptors (Lipinski definition) is 5. The Kier molecular flexibility index (Phi) is 4.20. The molecule has 5 nitrogen and oxygen atoms in total. The van der Waals surface area contributed by atoms with Crippen molar-refractivity contribution in [1.82, 2.24) is 15.0 Å². The van der Waals surface area contributed by atoms with Crippen LogP contribution in [0.15, 0.2) is 36.8 Å². The maximum absolute atomic E-state index is 5.49. The van der Waals surface area contributed by atoms with E-state index in [9.17, 15) is 0 Å². The third-order valence-corrected chi connectivity index (χ3v) is 2.72. The summed E-state index contributed by atoms with van der Waals surface area (Å²) in [6, 6.07) is 5.94. The number of rotatable bonds is 5. The quantitative estimate of drug-likeness (QED) is 0.848. The summed E-state index contributed by atoms with van der Waals surface area (Å²) in [5, 5.41) is 0. The predicted octanol–water partition coefficient (Wildman–Crippen LogP) is 1.01. The molecule has 0 spiro atoms. The van der Waals surface area contributed by atoms with Gasteiger partial charge in [-0.05, 0) is 12.1 Å². The van der Waals surface area contributed by atoms with Crippen molar-refractivity contribution in [2.75, 3.05) is 18.5 Å². The fraction of sp³-hybridized carbons (Fsp3) is 0.308. The largest absolute Gasteiger partial charge is 0.358 e. The Morgan fingerprint density at radius 3 is 2.61 bits per heavy atom. The van der Waals surface area contributed by atoms with E-state index in [1.807, 2.05) is 31.4 Å². The molecule has 0 aliphatic rings. The van der Waals surface area contributed by atoms with Crippen LogP contribution in [0.5, 0.6) is 0 Å². The number of hydrogen-bond donors (Lipinski definition) is 1. The highest BCUT2D eigenvalue weighted by Crippen LogP contribution is 2.07. The molecule has 0 saturated carbocycles. The second-order valence-corrected chi connectivity index (χ2v) is 4.06. The zero-order valence-corrected chi connectivity index (χ0v) is 10.5. The van der Waals surface area contributed by atoms with Gasteiger partial charge in [0.15, 0.2) is 0 Å². The van der Waals surface area contributed by atoms with Crippen molar-refractivity contribution in [1.29, 1.82) is 0 Å². The maximum atomic E-state index is 5.49. The van der Waals surface area contributed by atoms with Crippen molar-refractivity contribution in [3.8, 4) is 0 Å². The normalized spacial score (nSPS) is 10.3. The standard InChI is InChI=1S/C13H17N5/c1-18(7-5-11-4-2-3-6-15-11)13-10-16-12(8-14)9-17-13/h2-4,6,9-10H,5,7-8,14H2,1H3. The lowest BCUT2D eigenvalue weighted by Crippen LogP contribution is -2.22. The minimum atomic E-state index is 0.422. The minimum absolute atomic E-state index is 0.422. The minimum Gasteiger partial charge on any atom is -0.358 e. The van der Waals surface area contributed by atoms with E-state index in [1.165, 1.54) is 0 Å². The fourth-order valence-corrected chi connectivity index (χ4v) is 1.59. The molecule has 0 fully saturated rings. The van der Waals surface area contributed by atoms with Gasteiger partial charge in [-0.15, -0.1) is 0 Å². The SMILES string of the molecule is CN(CCc1ccccn1)c1cnc(CN)cn1. The Hall–Kier alpha value is -2.01. The summed E-state index contributed by atoms with van der Waals surface area (Å²) in [7, 11) is 2.00. The topological polar surface area (TPSA) is 67.9 Å². The molecule has 0 bridgehead atoms. The first-order valence-electron chi connectivity index (χ1n) is 5.91. The van der Waals surface area contributed by atoms with Gasteiger partial charge in [-0.3, -0.25) is 9.97 Å². The van der Waals surface area contributed by atoms with Gasteiger partial charge in [0.05, 0.1) is 18.1 Å². The second-order valence-electron chi connectivity index (χ2n) is 4.06. The van der Waals surface area contributed by atoms with Gasteiger partial charge in [-0.2, -0.15) is 0 Å². The van der Waals surface area contributed by atoms with E-state index in [1.54, 1.807) is 12.4 Å². The summed E-state index contributed by atoms with van der Waals surface area (Å²) in [4.78, 5) is 14.9. The number of nitrogens with two attached hydrogens (primary N) is 1. The fourth-order valence-electron chi connectivity index (χ4n) is 1.59. The van der Waals surface area contributed by atoms with Crippen molar-refractivity contribution in [3.63, 3.8) is 0 Å². The molecular weight excluding hydrogens is 226 g/mol. The summed E-state index contributed by atoms with van der Waals surface area (Å²) >= 11 is 0. The average molecular weight is 243 g/mol. The van der Waals surface area contributed by atoms with Crippen LogP contribution in [-0.2, 0) is 13.0 Å². The van der Waals surface area contributed by atoms with E-state index in [0.717, 1.165) is 30.2 Å². The van der Waals surface area contributed by atoms with Gasteiger partial charge < -0.3 is 10.6 Å². The Bertz CT molecular complexity index is 469. The van der Waals surface area contributed by atoms with Crippen molar-refractivity contribution in [2.45, 2.75) is 13.0 Å². The zero-order valence-electron chi connectivity index (χ0n) is 10.5. The van der Waals surface area contributed by atoms with Gasteiger partial charge in [0.1, 0.15) is 5.82 Å². The molecule has 2 aromatic heterocycles. The average Bonchev–Trinajstić information content (AvgIpc) is 2.46. The van der Waals surface area contributed by atoms with Crippen LogP contribution in [0.1, 0.15) is 11.4 Å². The molecule has 0 atom stereocenters. The van der Waals surface area contributed by atoms with Gasteiger partial charge >= 0.3 is 0 Å². The number of nitrogens with zero attached hydrogens (tertiary/aromatic N) is 4. The third kappa shape index (κ3) is 3.24. The lowest BCUT2D eigenvalue weighted by atomic mass is 10.2. The van der Waals surface area contributed by atoms with E-state index in [-0.39, 0.29) is 0 Å². The van der Waals surface area contributed by atoms with E-state index >= 15 is 0 Å². The zero-order chi connectivity index (χ0) is 12.8. The molecule has 5 heteroatoms. The summed E-state index contributed by atoms with van der Waals surface area (Å²) in [6.45, 7) is 1.28.